The van der Waals surface area contributed by atoms with Gasteiger partial charge in [0.25, 0.3) is 0 Å². The fraction of sp³-hybridized carbons (Fsp3) is 0.381. The van der Waals surface area contributed by atoms with Crippen molar-refractivity contribution in [3.8, 4) is 5.69 Å². The van der Waals surface area contributed by atoms with E-state index in [1.54, 1.807) is 0 Å². The average molecular weight is 450 g/mol. The highest BCUT2D eigenvalue weighted by molar-refractivity contribution is 5.85. The SMILES string of the molecule is Cc1cc(C)n(-c2cccc(CN(C)c3cc(C4CC(N)C4)nc(N)n3)c2)n1.Cl.Cl. The molecule has 1 fully saturated rings. The molecule has 0 saturated heterocycles. The Morgan fingerprint density at radius 3 is 2.47 bits per heavy atom. The van der Waals surface area contributed by atoms with Gasteiger partial charge in [0.05, 0.1) is 17.1 Å². The van der Waals surface area contributed by atoms with Crippen molar-refractivity contribution in [2.45, 2.75) is 45.2 Å². The number of anilines is 2. The van der Waals surface area contributed by atoms with E-state index in [-0.39, 0.29) is 30.9 Å². The van der Waals surface area contributed by atoms with Crippen LogP contribution < -0.4 is 16.4 Å². The molecule has 0 atom stereocenters. The van der Waals surface area contributed by atoms with Crippen LogP contribution in [0.25, 0.3) is 5.69 Å². The Kier molecular flexibility index (Phi) is 7.69. The Hall–Kier alpha value is -2.35. The van der Waals surface area contributed by atoms with Gasteiger partial charge in [-0.25, -0.2) is 9.67 Å². The van der Waals surface area contributed by atoms with Crippen LogP contribution in [0.1, 0.15) is 41.4 Å². The normalized spacial score (nSPS) is 17.5. The van der Waals surface area contributed by atoms with Crippen molar-refractivity contribution in [3.05, 3.63) is 59.0 Å². The Bertz CT molecular complexity index is 999. The second-order valence-electron chi connectivity index (χ2n) is 7.80. The van der Waals surface area contributed by atoms with Gasteiger partial charge in [0.1, 0.15) is 5.82 Å². The lowest BCUT2D eigenvalue weighted by Gasteiger charge is -2.32. The van der Waals surface area contributed by atoms with E-state index in [4.69, 9.17) is 11.5 Å². The molecule has 0 amide bonds. The number of hydrogen-bond acceptors (Lipinski definition) is 6. The minimum atomic E-state index is 0. The molecule has 1 aromatic carbocycles. The van der Waals surface area contributed by atoms with E-state index in [1.807, 2.05) is 24.7 Å². The molecule has 0 unspecified atom stereocenters. The Labute approximate surface area is 189 Å². The first kappa shape index (κ1) is 23.9. The largest absolute Gasteiger partial charge is 0.368 e. The number of nitrogen functional groups attached to an aromatic ring is 1. The zero-order chi connectivity index (χ0) is 19.8. The smallest absolute Gasteiger partial charge is 0.222 e. The molecule has 2 aromatic heterocycles. The predicted molar refractivity (Wildman–Crippen MR) is 126 cm³/mol. The van der Waals surface area contributed by atoms with Gasteiger partial charge in [-0.1, -0.05) is 12.1 Å². The van der Waals surface area contributed by atoms with Crippen LogP contribution in [-0.4, -0.2) is 32.8 Å². The molecule has 0 spiro atoms. The molecular formula is C21H29Cl2N7. The Balaban J connectivity index is 0.00000160. The number of halogens is 2. The van der Waals surface area contributed by atoms with E-state index < -0.39 is 0 Å². The molecule has 0 radical (unpaired) electrons. The molecule has 30 heavy (non-hydrogen) atoms. The Morgan fingerprint density at radius 1 is 1.10 bits per heavy atom. The van der Waals surface area contributed by atoms with E-state index in [2.05, 4.69) is 57.2 Å². The first-order valence-corrected chi connectivity index (χ1v) is 9.63. The van der Waals surface area contributed by atoms with Gasteiger partial charge < -0.3 is 16.4 Å². The summed E-state index contributed by atoms with van der Waals surface area (Å²) in [6.07, 6.45) is 1.93. The number of nitrogens with two attached hydrogens (primary N) is 2. The zero-order valence-corrected chi connectivity index (χ0v) is 19.1. The average Bonchev–Trinajstić information content (AvgIpc) is 2.97. The minimum Gasteiger partial charge on any atom is -0.368 e. The molecule has 1 aliphatic carbocycles. The highest BCUT2D eigenvalue weighted by Crippen LogP contribution is 2.35. The summed E-state index contributed by atoms with van der Waals surface area (Å²) >= 11 is 0. The van der Waals surface area contributed by atoms with Crippen LogP contribution in [-0.2, 0) is 6.54 Å². The molecule has 4 N–H and O–H groups in total. The van der Waals surface area contributed by atoms with E-state index >= 15 is 0 Å². The van der Waals surface area contributed by atoms with E-state index in [0.717, 1.165) is 41.4 Å². The maximum absolute atomic E-state index is 5.97. The van der Waals surface area contributed by atoms with E-state index in [1.165, 1.54) is 5.56 Å². The molecule has 1 aliphatic rings. The summed E-state index contributed by atoms with van der Waals surface area (Å²) in [4.78, 5) is 10.9. The molecule has 1 saturated carbocycles. The van der Waals surface area contributed by atoms with E-state index in [9.17, 15) is 0 Å². The predicted octanol–water partition coefficient (Wildman–Crippen LogP) is 3.55. The molecule has 3 aromatic rings. The lowest BCUT2D eigenvalue weighted by atomic mass is 9.78. The molecule has 2 heterocycles. The molecular weight excluding hydrogens is 421 g/mol. The summed E-state index contributed by atoms with van der Waals surface area (Å²) in [5.74, 6) is 1.54. The van der Waals surface area contributed by atoms with E-state index in [0.29, 0.717) is 18.4 Å². The lowest BCUT2D eigenvalue weighted by Crippen LogP contribution is -2.35. The number of hydrogen-bond donors (Lipinski definition) is 2. The molecule has 7 nitrogen and oxygen atoms in total. The second-order valence-corrected chi connectivity index (χ2v) is 7.80. The minimum absolute atomic E-state index is 0. The van der Waals surface area contributed by atoms with Crippen molar-refractivity contribution in [3.63, 3.8) is 0 Å². The second kappa shape index (κ2) is 9.64. The van der Waals surface area contributed by atoms with Crippen molar-refractivity contribution in [1.82, 2.24) is 19.7 Å². The number of nitrogens with zero attached hydrogens (tertiary/aromatic N) is 5. The molecule has 4 rings (SSSR count). The van der Waals surface area contributed by atoms with Crippen LogP contribution in [0, 0.1) is 13.8 Å². The first-order chi connectivity index (χ1) is 13.4. The maximum Gasteiger partial charge on any atom is 0.222 e. The third-order valence-corrected chi connectivity index (χ3v) is 5.32. The molecule has 9 heteroatoms. The fourth-order valence-corrected chi connectivity index (χ4v) is 3.81. The summed E-state index contributed by atoms with van der Waals surface area (Å²) in [6, 6.07) is 12.8. The number of rotatable bonds is 5. The number of aromatic nitrogens is 4. The van der Waals surface area contributed by atoms with Gasteiger partial charge in [-0.2, -0.15) is 10.1 Å². The third-order valence-electron chi connectivity index (χ3n) is 5.32. The van der Waals surface area contributed by atoms with Crippen LogP contribution in [0.3, 0.4) is 0 Å². The van der Waals surface area contributed by atoms with Crippen molar-refractivity contribution in [2.24, 2.45) is 5.73 Å². The number of benzene rings is 1. The summed E-state index contributed by atoms with van der Waals surface area (Å²) in [6.45, 7) is 4.79. The van der Waals surface area contributed by atoms with Gasteiger partial charge in [-0.3, -0.25) is 0 Å². The van der Waals surface area contributed by atoms with Gasteiger partial charge in [0, 0.05) is 37.3 Å². The fourth-order valence-electron chi connectivity index (χ4n) is 3.81. The van der Waals surface area contributed by atoms with Gasteiger partial charge >= 0.3 is 0 Å². The summed E-state index contributed by atoms with van der Waals surface area (Å²) in [5.41, 5.74) is 17.3. The topological polar surface area (TPSA) is 98.9 Å². The van der Waals surface area contributed by atoms with Crippen LogP contribution in [0.5, 0.6) is 0 Å². The highest BCUT2D eigenvalue weighted by Gasteiger charge is 2.29. The van der Waals surface area contributed by atoms with Crippen LogP contribution in [0.2, 0.25) is 0 Å². The van der Waals surface area contributed by atoms with Gasteiger partial charge in [-0.05, 0) is 50.5 Å². The van der Waals surface area contributed by atoms with Crippen LogP contribution in [0.4, 0.5) is 11.8 Å². The standard InChI is InChI=1S/C21H27N7.2ClH/c1-13-7-14(2)28(26-13)18-6-4-5-15(8-18)12-27(3)20-11-19(24-21(23)25-20)16-9-17(22)10-16;;/h4-8,11,16-17H,9-10,12,22H2,1-3H3,(H2,23,24,25);2*1H. The summed E-state index contributed by atoms with van der Waals surface area (Å²) in [7, 11) is 2.02. The Morgan fingerprint density at radius 2 is 1.83 bits per heavy atom. The third kappa shape index (κ3) is 5.03. The number of aryl methyl sites for hydroxylation is 2. The summed E-state index contributed by atoms with van der Waals surface area (Å²) < 4.78 is 1.97. The molecule has 0 aliphatic heterocycles. The van der Waals surface area contributed by atoms with Gasteiger partial charge in [0.15, 0.2) is 0 Å². The molecule has 0 bridgehead atoms. The molecule has 162 valence electrons. The quantitative estimate of drug-likeness (QED) is 0.617. The van der Waals surface area contributed by atoms with Crippen molar-refractivity contribution in [1.29, 1.82) is 0 Å². The zero-order valence-electron chi connectivity index (χ0n) is 17.4. The van der Waals surface area contributed by atoms with Crippen molar-refractivity contribution in [2.75, 3.05) is 17.7 Å². The van der Waals surface area contributed by atoms with Crippen molar-refractivity contribution < 1.29 is 0 Å². The monoisotopic (exact) mass is 449 g/mol. The highest BCUT2D eigenvalue weighted by atomic mass is 35.5. The lowest BCUT2D eigenvalue weighted by molar-refractivity contribution is 0.345. The van der Waals surface area contributed by atoms with Crippen LogP contribution in [0.15, 0.2) is 36.4 Å². The summed E-state index contributed by atoms with van der Waals surface area (Å²) in [5, 5.41) is 4.58. The maximum atomic E-state index is 5.97. The first-order valence-electron chi connectivity index (χ1n) is 9.63. The van der Waals surface area contributed by atoms with Crippen molar-refractivity contribution >= 4 is 36.6 Å². The van der Waals surface area contributed by atoms with Gasteiger partial charge in [0.2, 0.25) is 5.95 Å². The van der Waals surface area contributed by atoms with Gasteiger partial charge in [-0.15, -0.1) is 24.8 Å². The van der Waals surface area contributed by atoms with Crippen LogP contribution >= 0.6 is 24.8 Å².